The van der Waals surface area contributed by atoms with Crippen LogP contribution in [-0.2, 0) is 0 Å². The Balaban J connectivity index is 1.50. The van der Waals surface area contributed by atoms with Crippen molar-refractivity contribution in [3.05, 3.63) is 36.7 Å². The minimum Gasteiger partial charge on any atom is -0.395 e. The topological polar surface area (TPSA) is 64.6 Å². The molecule has 4 nitrogen and oxygen atoms in total. The molecule has 0 spiro atoms. The monoisotopic (exact) mass is 384 g/mol. The fourth-order valence-electron chi connectivity index (χ4n) is 7.79. The zero-order valence-electron chi connectivity index (χ0n) is 16.9. The maximum atomic E-state index is 11.3. The van der Waals surface area contributed by atoms with Crippen LogP contribution in [0.5, 0.6) is 0 Å². The third-order valence-electron chi connectivity index (χ3n) is 9.21. The van der Waals surface area contributed by atoms with Crippen LogP contribution in [0, 0.1) is 34.5 Å². The quantitative estimate of drug-likeness (QED) is 0.687. The summed E-state index contributed by atoms with van der Waals surface area (Å²) >= 11 is 0. The standard InChI is InChI=1S/C24H34NO3/c1-23-9-7-17(27)13-16(23)14-20(28)22-18(23)8-10-24(15-26)19(22)5-6-21(24)25-11-3-2-4-12-25/h2-4,6,11-12,16-20,22,26-28H,5,7-10,13-15H2,1H3/q+1. The largest absolute Gasteiger partial charge is 0.395 e. The van der Waals surface area contributed by atoms with Gasteiger partial charge < -0.3 is 15.3 Å². The molecule has 4 heteroatoms. The third kappa shape index (κ3) is 2.50. The lowest BCUT2D eigenvalue weighted by Gasteiger charge is -2.61. The average Bonchev–Trinajstić information content (AvgIpc) is 3.10. The molecule has 0 bridgehead atoms. The van der Waals surface area contributed by atoms with Gasteiger partial charge in [0, 0.05) is 12.1 Å². The number of allylic oxidation sites excluding steroid dienone is 1. The molecule has 28 heavy (non-hydrogen) atoms. The van der Waals surface area contributed by atoms with E-state index in [2.05, 4.69) is 30.0 Å². The van der Waals surface area contributed by atoms with Crippen molar-refractivity contribution in [2.24, 2.45) is 34.5 Å². The molecule has 1 heterocycles. The molecule has 0 aromatic carbocycles. The molecule has 3 saturated carbocycles. The maximum Gasteiger partial charge on any atom is 0.191 e. The molecule has 0 radical (unpaired) electrons. The molecule has 4 aliphatic carbocycles. The van der Waals surface area contributed by atoms with E-state index in [1.54, 1.807) is 0 Å². The summed E-state index contributed by atoms with van der Waals surface area (Å²) in [6.45, 7) is 2.58. The highest BCUT2D eigenvalue weighted by Gasteiger charge is 2.64. The van der Waals surface area contributed by atoms with Gasteiger partial charge in [0.25, 0.3) is 0 Å². The minimum atomic E-state index is -0.321. The lowest BCUT2D eigenvalue weighted by Crippen LogP contribution is -2.60. The number of hydrogen-bond acceptors (Lipinski definition) is 3. The summed E-state index contributed by atoms with van der Waals surface area (Å²) in [7, 11) is 0. The Morgan fingerprint density at radius 3 is 2.57 bits per heavy atom. The molecule has 8 unspecified atom stereocenters. The van der Waals surface area contributed by atoms with Crippen LogP contribution >= 0.6 is 0 Å². The van der Waals surface area contributed by atoms with Gasteiger partial charge in [0.15, 0.2) is 18.1 Å². The summed E-state index contributed by atoms with van der Waals surface area (Å²) in [4.78, 5) is 0. The van der Waals surface area contributed by atoms with Gasteiger partial charge >= 0.3 is 0 Å². The van der Waals surface area contributed by atoms with E-state index in [4.69, 9.17) is 0 Å². The van der Waals surface area contributed by atoms with Crippen LogP contribution in [-0.4, -0.2) is 34.1 Å². The first-order valence-electron chi connectivity index (χ1n) is 11.1. The van der Waals surface area contributed by atoms with Gasteiger partial charge in [0.2, 0.25) is 0 Å². The molecule has 152 valence electrons. The maximum absolute atomic E-state index is 11.3. The van der Waals surface area contributed by atoms with Crippen LogP contribution in [0.2, 0.25) is 0 Å². The number of nitrogens with zero attached hydrogens (tertiary/aromatic N) is 1. The second-order valence-electron chi connectivity index (χ2n) is 10.2. The van der Waals surface area contributed by atoms with E-state index in [0.29, 0.717) is 17.8 Å². The fourth-order valence-corrected chi connectivity index (χ4v) is 7.79. The Bertz CT molecular complexity index is 764. The van der Waals surface area contributed by atoms with Gasteiger partial charge in [0.05, 0.1) is 24.2 Å². The Labute approximate surface area is 167 Å². The molecule has 0 saturated heterocycles. The molecular formula is C24H34NO3+. The lowest BCUT2D eigenvalue weighted by atomic mass is 9.44. The predicted molar refractivity (Wildman–Crippen MR) is 107 cm³/mol. The number of rotatable bonds is 2. The molecule has 1 aromatic heterocycles. The van der Waals surface area contributed by atoms with Gasteiger partial charge in [-0.15, -0.1) is 0 Å². The number of aliphatic hydroxyl groups is 3. The molecular weight excluding hydrogens is 350 g/mol. The van der Waals surface area contributed by atoms with Crippen molar-refractivity contribution in [1.29, 1.82) is 0 Å². The van der Waals surface area contributed by atoms with Crippen LogP contribution in [0.4, 0.5) is 0 Å². The Morgan fingerprint density at radius 1 is 1.04 bits per heavy atom. The van der Waals surface area contributed by atoms with E-state index in [9.17, 15) is 15.3 Å². The summed E-state index contributed by atoms with van der Waals surface area (Å²) in [5.74, 6) is 1.47. The summed E-state index contributed by atoms with van der Waals surface area (Å²) in [5.41, 5.74) is 1.19. The summed E-state index contributed by atoms with van der Waals surface area (Å²) in [6, 6.07) is 6.11. The van der Waals surface area contributed by atoms with E-state index < -0.39 is 0 Å². The van der Waals surface area contributed by atoms with Crippen LogP contribution < -0.4 is 4.57 Å². The number of aliphatic hydroxyl groups excluding tert-OH is 3. The highest BCUT2D eigenvalue weighted by Crippen LogP contribution is 2.66. The van der Waals surface area contributed by atoms with E-state index in [1.165, 1.54) is 5.70 Å². The Morgan fingerprint density at radius 2 is 1.82 bits per heavy atom. The van der Waals surface area contributed by atoms with Crippen LogP contribution in [0.15, 0.2) is 36.7 Å². The molecule has 4 aliphatic rings. The second kappa shape index (κ2) is 6.65. The van der Waals surface area contributed by atoms with Gasteiger partial charge in [-0.1, -0.05) is 13.0 Å². The number of pyridine rings is 1. The van der Waals surface area contributed by atoms with E-state index in [0.717, 1.165) is 44.9 Å². The second-order valence-corrected chi connectivity index (χ2v) is 10.2. The van der Waals surface area contributed by atoms with Crippen molar-refractivity contribution in [2.45, 2.75) is 64.1 Å². The van der Waals surface area contributed by atoms with Crippen LogP contribution in [0.25, 0.3) is 5.70 Å². The van der Waals surface area contributed by atoms with E-state index in [1.807, 2.05) is 18.2 Å². The first-order valence-corrected chi connectivity index (χ1v) is 11.1. The normalized spacial score (nSPS) is 47.6. The van der Waals surface area contributed by atoms with Gasteiger partial charge in [-0.25, -0.2) is 0 Å². The average molecular weight is 385 g/mol. The van der Waals surface area contributed by atoms with Crippen molar-refractivity contribution < 1.29 is 19.9 Å². The van der Waals surface area contributed by atoms with Crippen molar-refractivity contribution in [2.75, 3.05) is 6.61 Å². The number of fused-ring (bicyclic) bond motifs is 5. The first kappa shape index (κ1) is 18.8. The highest BCUT2D eigenvalue weighted by molar-refractivity contribution is 5.49. The zero-order chi connectivity index (χ0) is 19.5. The molecule has 0 aliphatic heterocycles. The Hall–Kier alpha value is -1.23. The molecule has 5 rings (SSSR count). The van der Waals surface area contributed by atoms with Crippen molar-refractivity contribution in [1.82, 2.24) is 0 Å². The Kier molecular flexibility index (Phi) is 4.46. The minimum absolute atomic E-state index is 0.153. The van der Waals surface area contributed by atoms with Crippen molar-refractivity contribution in [3.8, 4) is 0 Å². The van der Waals surface area contributed by atoms with Gasteiger partial charge in [0.1, 0.15) is 0 Å². The van der Waals surface area contributed by atoms with Crippen molar-refractivity contribution in [3.63, 3.8) is 0 Å². The molecule has 1 aromatic rings. The third-order valence-corrected chi connectivity index (χ3v) is 9.21. The number of aromatic nitrogens is 1. The van der Waals surface area contributed by atoms with E-state index in [-0.39, 0.29) is 35.6 Å². The predicted octanol–water partition coefficient (Wildman–Crippen LogP) is 2.77. The molecule has 0 amide bonds. The van der Waals surface area contributed by atoms with Crippen LogP contribution in [0.1, 0.15) is 51.9 Å². The van der Waals surface area contributed by atoms with Crippen LogP contribution in [0.3, 0.4) is 0 Å². The number of hydrogen-bond donors (Lipinski definition) is 3. The lowest BCUT2D eigenvalue weighted by molar-refractivity contribution is -0.591. The van der Waals surface area contributed by atoms with E-state index >= 15 is 0 Å². The fraction of sp³-hybridized carbons (Fsp3) is 0.708. The summed E-state index contributed by atoms with van der Waals surface area (Å²) in [6.07, 6.45) is 12.6. The first-order chi connectivity index (χ1) is 13.5. The summed E-state index contributed by atoms with van der Waals surface area (Å²) in [5, 5.41) is 32.1. The van der Waals surface area contributed by atoms with Crippen molar-refractivity contribution >= 4 is 5.70 Å². The highest BCUT2D eigenvalue weighted by atomic mass is 16.3. The molecule has 8 atom stereocenters. The van der Waals surface area contributed by atoms with Gasteiger partial charge in [-0.2, -0.15) is 4.57 Å². The zero-order valence-corrected chi connectivity index (χ0v) is 16.9. The smallest absolute Gasteiger partial charge is 0.191 e. The van der Waals surface area contributed by atoms with Gasteiger partial charge in [-0.05, 0) is 80.1 Å². The summed E-state index contributed by atoms with van der Waals surface area (Å²) < 4.78 is 2.17. The SMILES string of the molecule is CC12CCC(O)CC1CC(O)C1C3CC=C([n+]4ccccc4)C3(CO)CCC12. The molecule has 3 fully saturated rings. The van der Waals surface area contributed by atoms with Gasteiger partial charge in [-0.3, -0.25) is 0 Å². The molecule has 3 N–H and O–H groups in total.